The minimum Gasteiger partial charge on any atom is -0.508 e. The SMILES string of the molecule is Oc1cc(O)c(CCc2ccc3ccccc3c2)cc1CCc1ccc2ccccc2c1. The first-order chi connectivity index (χ1) is 15.7. The molecule has 0 aliphatic heterocycles. The normalized spacial score (nSPS) is 11.2. The van der Waals surface area contributed by atoms with Crippen molar-refractivity contribution in [3.8, 4) is 11.5 Å². The lowest BCUT2D eigenvalue weighted by molar-refractivity contribution is 0.441. The second-order valence-electron chi connectivity index (χ2n) is 8.47. The molecule has 2 nitrogen and oxygen atoms in total. The lowest BCUT2D eigenvalue weighted by atomic mass is 9.96. The van der Waals surface area contributed by atoms with Crippen LogP contribution in [0.2, 0.25) is 0 Å². The number of rotatable bonds is 6. The van der Waals surface area contributed by atoms with Gasteiger partial charge in [0.05, 0.1) is 0 Å². The number of hydrogen-bond acceptors (Lipinski definition) is 2. The second kappa shape index (κ2) is 8.76. The average molecular weight is 419 g/mol. The van der Waals surface area contributed by atoms with Crippen molar-refractivity contribution in [3.63, 3.8) is 0 Å². The van der Waals surface area contributed by atoms with Gasteiger partial charge in [0.1, 0.15) is 11.5 Å². The van der Waals surface area contributed by atoms with Crippen molar-refractivity contribution in [2.24, 2.45) is 0 Å². The summed E-state index contributed by atoms with van der Waals surface area (Å²) in [5, 5.41) is 25.8. The van der Waals surface area contributed by atoms with Gasteiger partial charge in [-0.15, -0.1) is 0 Å². The van der Waals surface area contributed by atoms with E-state index in [1.54, 1.807) is 0 Å². The zero-order valence-electron chi connectivity index (χ0n) is 18.0. The number of hydrogen-bond donors (Lipinski definition) is 2. The van der Waals surface area contributed by atoms with Gasteiger partial charge >= 0.3 is 0 Å². The summed E-state index contributed by atoms with van der Waals surface area (Å²) in [6.45, 7) is 0. The highest BCUT2D eigenvalue weighted by Crippen LogP contribution is 2.30. The molecule has 0 amide bonds. The molecule has 0 bridgehead atoms. The standard InChI is InChI=1S/C30H26O2/c31-29-20-30(32)28(16-12-22-10-14-24-6-2-4-8-26(24)18-22)19-27(29)15-11-21-9-13-23-5-1-3-7-25(23)17-21/h1-10,13-14,17-20,31-32H,11-12,15-16H2. The van der Waals surface area contributed by atoms with E-state index in [1.165, 1.54) is 38.7 Å². The van der Waals surface area contributed by atoms with Gasteiger partial charge in [0.15, 0.2) is 0 Å². The Morgan fingerprint density at radius 1 is 0.406 bits per heavy atom. The van der Waals surface area contributed by atoms with Crippen LogP contribution >= 0.6 is 0 Å². The van der Waals surface area contributed by atoms with E-state index in [1.807, 2.05) is 6.07 Å². The fourth-order valence-electron chi connectivity index (χ4n) is 4.42. The van der Waals surface area contributed by atoms with Gasteiger partial charge in [-0.05, 0) is 75.5 Å². The van der Waals surface area contributed by atoms with Gasteiger partial charge in [-0.3, -0.25) is 0 Å². The van der Waals surface area contributed by atoms with Gasteiger partial charge in [-0.2, -0.15) is 0 Å². The van der Waals surface area contributed by atoms with Crippen LogP contribution in [-0.2, 0) is 25.7 Å². The first-order valence-corrected chi connectivity index (χ1v) is 11.1. The molecule has 32 heavy (non-hydrogen) atoms. The summed E-state index contributed by atoms with van der Waals surface area (Å²) in [6, 6.07) is 33.2. The molecule has 0 saturated carbocycles. The molecule has 158 valence electrons. The zero-order chi connectivity index (χ0) is 21.9. The maximum atomic E-state index is 10.4. The van der Waals surface area contributed by atoms with E-state index in [2.05, 4.69) is 84.9 Å². The fraction of sp³-hybridized carbons (Fsp3) is 0.133. The Balaban J connectivity index is 1.31. The third kappa shape index (κ3) is 4.31. The summed E-state index contributed by atoms with van der Waals surface area (Å²) in [6.07, 6.45) is 3.14. The van der Waals surface area contributed by atoms with Crippen molar-refractivity contribution in [2.75, 3.05) is 0 Å². The highest BCUT2D eigenvalue weighted by atomic mass is 16.3. The zero-order valence-corrected chi connectivity index (χ0v) is 18.0. The Morgan fingerprint density at radius 3 is 1.31 bits per heavy atom. The highest BCUT2D eigenvalue weighted by Gasteiger charge is 2.10. The van der Waals surface area contributed by atoms with Crippen LogP contribution in [0.1, 0.15) is 22.3 Å². The molecule has 5 aromatic carbocycles. The molecule has 2 heteroatoms. The first-order valence-electron chi connectivity index (χ1n) is 11.1. The van der Waals surface area contributed by atoms with Gasteiger partial charge in [0, 0.05) is 6.07 Å². The summed E-state index contributed by atoms with van der Waals surface area (Å²) in [4.78, 5) is 0. The molecule has 0 radical (unpaired) electrons. The van der Waals surface area contributed by atoms with E-state index < -0.39 is 0 Å². The van der Waals surface area contributed by atoms with Crippen LogP contribution in [0.4, 0.5) is 0 Å². The van der Waals surface area contributed by atoms with Crippen molar-refractivity contribution in [2.45, 2.75) is 25.7 Å². The lowest BCUT2D eigenvalue weighted by Crippen LogP contribution is -1.97. The van der Waals surface area contributed by atoms with Crippen molar-refractivity contribution in [1.82, 2.24) is 0 Å². The predicted molar refractivity (Wildman–Crippen MR) is 132 cm³/mol. The molecule has 0 heterocycles. The third-order valence-corrected chi connectivity index (χ3v) is 6.27. The highest BCUT2D eigenvalue weighted by molar-refractivity contribution is 5.83. The number of aromatic hydroxyl groups is 2. The molecule has 5 aromatic rings. The Hall–Kier alpha value is -3.78. The van der Waals surface area contributed by atoms with E-state index in [-0.39, 0.29) is 11.5 Å². The molecule has 2 N–H and O–H groups in total. The molecule has 0 atom stereocenters. The quantitative estimate of drug-likeness (QED) is 0.312. The molecule has 0 aliphatic carbocycles. The average Bonchev–Trinajstić information content (AvgIpc) is 2.82. The van der Waals surface area contributed by atoms with Crippen molar-refractivity contribution in [3.05, 3.63) is 119 Å². The summed E-state index contributed by atoms with van der Waals surface area (Å²) in [7, 11) is 0. The molecule has 5 rings (SSSR count). The van der Waals surface area contributed by atoms with E-state index in [4.69, 9.17) is 0 Å². The molecule has 0 unspecified atom stereocenters. The second-order valence-corrected chi connectivity index (χ2v) is 8.47. The van der Waals surface area contributed by atoms with Crippen LogP contribution in [0.25, 0.3) is 21.5 Å². The summed E-state index contributed by atoms with van der Waals surface area (Å²) >= 11 is 0. The van der Waals surface area contributed by atoms with Crippen molar-refractivity contribution >= 4 is 21.5 Å². The molecule has 0 aromatic heterocycles. The smallest absolute Gasteiger partial charge is 0.122 e. The minimum atomic E-state index is 0.165. The van der Waals surface area contributed by atoms with Crippen LogP contribution in [0.15, 0.2) is 97.1 Å². The van der Waals surface area contributed by atoms with Gasteiger partial charge in [0.25, 0.3) is 0 Å². The van der Waals surface area contributed by atoms with Crippen LogP contribution < -0.4 is 0 Å². The molecule has 0 fully saturated rings. The van der Waals surface area contributed by atoms with Gasteiger partial charge in [-0.1, -0.05) is 84.9 Å². The Kier molecular flexibility index (Phi) is 5.51. The molecule has 0 spiro atoms. The summed E-state index contributed by atoms with van der Waals surface area (Å²) in [5.41, 5.74) is 4.25. The third-order valence-electron chi connectivity index (χ3n) is 6.27. The number of phenols is 2. The Morgan fingerprint density at radius 2 is 0.844 bits per heavy atom. The van der Waals surface area contributed by atoms with Crippen LogP contribution in [0, 0.1) is 0 Å². The monoisotopic (exact) mass is 418 g/mol. The molecule has 0 aliphatic rings. The number of benzene rings is 5. The van der Waals surface area contributed by atoms with E-state index in [9.17, 15) is 10.2 Å². The maximum Gasteiger partial charge on any atom is 0.122 e. The van der Waals surface area contributed by atoms with Crippen molar-refractivity contribution < 1.29 is 10.2 Å². The predicted octanol–water partition coefficient (Wildman–Crippen LogP) is 6.97. The molecule has 0 saturated heterocycles. The topological polar surface area (TPSA) is 40.5 Å². The van der Waals surface area contributed by atoms with Crippen molar-refractivity contribution in [1.29, 1.82) is 0 Å². The number of phenolic OH excluding ortho intramolecular Hbond substituents is 2. The Bertz CT molecular complexity index is 1300. The number of aryl methyl sites for hydroxylation is 4. The summed E-state index contributed by atoms with van der Waals surface area (Å²) < 4.78 is 0. The summed E-state index contributed by atoms with van der Waals surface area (Å²) in [5.74, 6) is 0.329. The largest absolute Gasteiger partial charge is 0.508 e. The maximum absolute atomic E-state index is 10.4. The van der Waals surface area contributed by atoms with Crippen LogP contribution in [-0.4, -0.2) is 10.2 Å². The fourth-order valence-corrected chi connectivity index (χ4v) is 4.42. The van der Waals surface area contributed by atoms with Gasteiger partial charge in [-0.25, -0.2) is 0 Å². The minimum absolute atomic E-state index is 0.165. The van der Waals surface area contributed by atoms with E-state index >= 15 is 0 Å². The van der Waals surface area contributed by atoms with E-state index in [0.29, 0.717) is 0 Å². The van der Waals surface area contributed by atoms with Gasteiger partial charge < -0.3 is 10.2 Å². The molecular formula is C30H26O2. The number of fused-ring (bicyclic) bond motifs is 2. The van der Waals surface area contributed by atoms with Crippen LogP contribution in [0.5, 0.6) is 11.5 Å². The first kappa shape index (κ1) is 20.1. The van der Waals surface area contributed by atoms with Crippen LogP contribution in [0.3, 0.4) is 0 Å². The molecular weight excluding hydrogens is 392 g/mol. The van der Waals surface area contributed by atoms with Gasteiger partial charge in [0.2, 0.25) is 0 Å². The van der Waals surface area contributed by atoms with E-state index in [0.717, 1.165) is 36.8 Å². The lowest BCUT2D eigenvalue weighted by Gasteiger charge is -2.11. The Labute approximate surface area is 188 Å².